The van der Waals surface area contributed by atoms with Crippen molar-refractivity contribution in [3.8, 4) is 0 Å². The molecule has 0 fully saturated rings. The van der Waals surface area contributed by atoms with Gasteiger partial charge in [0.15, 0.2) is 5.96 Å². The second-order valence-electron chi connectivity index (χ2n) is 9.69. The highest BCUT2D eigenvalue weighted by Crippen LogP contribution is 1.99. The molecule has 0 aliphatic rings. The molecule has 0 aromatic heterocycles. The minimum atomic E-state index is -4.88. The molecule has 0 aliphatic carbocycles. The van der Waals surface area contributed by atoms with Gasteiger partial charge < -0.3 is 64.6 Å². The Hall–Kier alpha value is -5.63. The van der Waals surface area contributed by atoms with Gasteiger partial charge in [0.25, 0.3) is 10.1 Å². The number of carboxylic acids is 2. The Morgan fingerprint density at radius 3 is 1.57 bits per heavy atom. The normalized spacial score (nSPS) is 12.4. The Balaban J connectivity index is 4.90. The van der Waals surface area contributed by atoms with Gasteiger partial charge in [0.05, 0.1) is 39.1 Å². The predicted molar refractivity (Wildman–Crippen MR) is 163 cm³/mol. The van der Waals surface area contributed by atoms with Crippen LogP contribution in [-0.2, 0) is 53.3 Å². The van der Waals surface area contributed by atoms with Crippen molar-refractivity contribution in [2.24, 2.45) is 22.2 Å². The van der Waals surface area contributed by atoms with Gasteiger partial charge in [-0.2, -0.15) is 8.42 Å². The summed E-state index contributed by atoms with van der Waals surface area (Å²) >= 11 is 0. The van der Waals surface area contributed by atoms with Gasteiger partial charge in [0, 0.05) is 6.54 Å². The zero-order valence-corrected chi connectivity index (χ0v) is 26.5. The number of aliphatic imine (C=N–C) groups is 1. The van der Waals surface area contributed by atoms with E-state index in [1.807, 2.05) is 16.0 Å². The molecule has 0 unspecified atom stereocenters. The molecule has 0 bridgehead atoms. The van der Waals surface area contributed by atoms with Crippen molar-refractivity contribution in [3.63, 3.8) is 0 Å². The van der Waals surface area contributed by atoms with Gasteiger partial charge in [-0.15, -0.1) is 0 Å². The van der Waals surface area contributed by atoms with Crippen LogP contribution in [0.4, 0.5) is 0 Å². The average Bonchev–Trinajstić information content (AvgIpc) is 2.99. The Labute approximate surface area is 277 Å². The van der Waals surface area contributed by atoms with Crippen molar-refractivity contribution in [1.82, 2.24) is 37.2 Å². The standard InChI is InChI=1S/C23H39N11O14S/c24-5-14(35)33-12(4-19(40)41)20(42)30-7-16(37)28-6-15(36)29-8-17(38)34-13(10-49(46,47)48)21(43)31-9-18(39)32-11(22(44)45)2-1-3-27-23(25)26/h11-13H,1-10,24H2,(H,28,37)(H,29,36)(H,30,42)(H,31,43)(H,32,39)(H,33,35)(H,34,38)(H,40,41)(H,44,45)(H4,25,26,27)(H,46,47,48)/t11-,12-,13-/m0/s1. The Kier molecular flexibility index (Phi) is 19.5. The van der Waals surface area contributed by atoms with Gasteiger partial charge in [-0.25, -0.2) is 4.79 Å². The first-order valence-corrected chi connectivity index (χ1v) is 15.5. The third kappa shape index (κ3) is 21.7. The molecule has 0 saturated carbocycles. The number of carbonyl (C=O) groups is 9. The molecule has 0 radical (unpaired) electrons. The van der Waals surface area contributed by atoms with E-state index in [1.165, 1.54) is 0 Å². The molecule has 0 aromatic rings. The first-order chi connectivity index (χ1) is 22.7. The van der Waals surface area contributed by atoms with Crippen molar-refractivity contribution in [2.45, 2.75) is 37.4 Å². The number of carbonyl (C=O) groups excluding carboxylic acids is 7. The summed E-state index contributed by atoms with van der Waals surface area (Å²) in [6, 6.07) is -4.93. The summed E-state index contributed by atoms with van der Waals surface area (Å²) in [5.41, 5.74) is 15.4. The molecular formula is C23H39N11O14S. The lowest BCUT2D eigenvalue weighted by atomic mass is 10.1. The number of nitrogens with zero attached hydrogens (tertiary/aromatic N) is 1. The van der Waals surface area contributed by atoms with Crippen LogP contribution in [0.2, 0.25) is 0 Å². The number of hydrogen-bond donors (Lipinski definition) is 13. The van der Waals surface area contributed by atoms with E-state index in [1.54, 1.807) is 0 Å². The van der Waals surface area contributed by atoms with Gasteiger partial charge in [0.1, 0.15) is 23.9 Å². The van der Waals surface area contributed by atoms with Crippen molar-refractivity contribution >= 4 is 69.4 Å². The van der Waals surface area contributed by atoms with Crippen LogP contribution in [0.5, 0.6) is 0 Å². The van der Waals surface area contributed by atoms with Crippen molar-refractivity contribution < 1.29 is 66.3 Å². The van der Waals surface area contributed by atoms with Crippen molar-refractivity contribution in [1.29, 1.82) is 0 Å². The van der Waals surface area contributed by atoms with E-state index >= 15 is 0 Å². The van der Waals surface area contributed by atoms with Crippen LogP contribution >= 0.6 is 0 Å². The van der Waals surface area contributed by atoms with E-state index in [0.717, 1.165) is 0 Å². The third-order valence-electron chi connectivity index (χ3n) is 5.56. The molecule has 0 aliphatic heterocycles. The van der Waals surface area contributed by atoms with Gasteiger partial charge >= 0.3 is 11.9 Å². The molecule has 276 valence electrons. The Morgan fingerprint density at radius 2 is 1.10 bits per heavy atom. The largest absolute Gasteiger partial charge is 0.481 e. The maximum Gasteiger partial charge on any atom is 0.326 e. The number of hydrogen-bond acceptors (Lipinski definition) is 13. The van der Waals surface area contributed by atoms with Crippen LogP contribution in [0, 0.1) is 0 Å². The van der Waals surface area contributed by atoms with E-state index < -0.39 is 126 Å². The number of nitrogens with two attached hydrogens (primary N) is 3. The monoisotopic (exact) mass is 725 g/mol. The lowest BCUT2D eigenvalue weighted by molar-refractivity contribution is -0.142. The van der Waals surface area contributed by atoms with Crippen LogP contribution in [-0.4, -0.2) is 146 Å². The molecule has 3 atom stereocenters. The number of amides is 7. The predicted octanol–water partition coefficient (Wildman–Crippen LogP) is -8.64. The molecule has 7 amide bonds. The summed E-state index contributed by atoms with van der Waals surface area (Å²) < 4.78 is 31.9. The fourth-order valence-electron chi connectivity index (χ4n) is 3.35. The lowest BCUT2D eigenvalue weighted by Gasteiger charge is -2.18. The van der Waals surface area contributed by atoms with E-state index in [9.17, 15) is 56.7 Å². The van der Waals surface area contributed by atoms with Gasteiger partial charge in [-0.1, -0.05) is 0 Å². The van der Waals surface area contributed by atoms with Gasteiger partial charge in [0.2, 0.25) is 41.4 Å². The van der Waals surface area contributed by atoms with Crippen molar-refractivity contribution in [3.05, 3.63) is 0 Å². The fourth-order valence-corrected chi connectivity index (χ4v) is 4.00. The molecule has 0 aromatic carbocycles. The lowest BCUT2D eigenvalue weighted by Crippen LogP contribution is -2.54. The maximum absolute atomic E-state index is 12.5. The first-order valence-electron chi connectivity index (χ1n) is 13.9. The van der Waals surface area contributed by atoms with Crippen LogP contribution in [0.15, 0.2) is 4.99 Å². The molecule has 25 nitrogen and oxygen atoms in total. The Morgan fingerprint density at radius 1 is 0.653 bits per heavy atom. The summed E-state index contributed by atoms with van der Waals surface area (Å²) in [7, 11) is -4.88. The summed E-state index contributed by atoms with van der Waals surface area (Å²) in [6.45, 7) is -3.71. The first kappa shape index (κ1) is 43.4. The molecule has 0 spiro atoms. The molecule has 0 saturated heterocycles. The van der Waals surface area contributed by atoms with Crippen LogP contribution in [0.1, 0.15) is 19.3 Å². The maximum atomic E-state index is 12.5. The highest BCUT2D eigenvalue weighted by atomic mass is 32.2. The summed E-state index contributed by atoms with van der Waals surface area (Å²) in [4.78, 5) is 110. The Bertz CT molecular complexity index is 1390. The fraction of sp³-hybridized carbons (Fsp3) is 0.565. The molecule has 0 heterocycles. The number of carboxylic acid groups (broad SMARTS) is 2. The molecule has 16 N–H and O–H groups in total. The quantitative estimate of drug-likeness (QED) is 0.0201. The van der Waals surface area contributed by atoms with E-state index in [0.29, 0.717) is 0 Å². The van der Waals surface area contributed by atoms with Crippen LogP contribution in [0.3, 0.4) is 0 Å². The second kappa shape index (κ2) is 22.0. The SMILES string of the molecule is NCC(=O)N[C@@H](CC(=O)O)C(=O)NCC(=O)NCC(=O)NCC(=O)N[C@@H](CS(=O)(=O)O)C(=O)NCC(=O)N[C@@H](CCCN=C(N)N)C(=O)O. The number of guanidine groups is 1. The molecule has 0 rings (SSSR count). The molecular weight excluding hydrogens is 686 g/mol. The zero-order chi connectivity index (χ0) is 37.7. The minimum Gasteiger partial charge on any atom is -0.481 e. The topological polar surface area (TPSA) is 423 Å². The van der Waals surface area contributed by atoms with E-state index in [2.05, 4.69) is 26.3 Å². The third-order valence-corrected chi connectivity index (χ3v) is 6.32. The minimum absolute atomic E-state index is 0.0710. The van der Waals surface area contributed by atoms with Crippen LogP contribution in [0.25, 0.3) is 0 Å². The summed E-state index contributed by atoms with van der Waals surface area (Å²) in [5, 5.41) is 32.3. The van der Waals surface area contributed by atoms with E-state index in [4.69, 9.17) is 26.9 Å². The highest BCUT2D eigenvalue weighted by molar-refractivity contribution is 7.85. The smallest absolute Gasteiger partial charge is 0.326 e. The summed E-state index contributed by atoms with van der Waals surface area (Å²) in [6.07, 6.45) is -0.743. The second-order valence-corrected chi connectivity index (χ2v) is 11.2. The molecule has 49 heavy (non-hydrogen) atoms. The highest BCUT2D eigenvalue weighted by Gasteiger charge is 2.28. The van der Waals surface area contributed by atoms with E-state index in [-0.39, 0.29) is 25.3 Å². The zero-order valence-electron chi connectivity index (χ0n) is 25.7. The van der Waals surface area contributed by atoms with Crippen LogP contribution < -0.4 is 54.4 Å². The van der Waals surface area contributed by atoms with Crippen molar-refractivity contribution in [2.75, 3.05) is 45.0 Å². The van der Waals surface area contributed by atoms with Gasteiger partial charge in [-0.05, 0) is 12.8 Å². The number of aliphatic carboxylic acids is 2. The number of nitrogens with one attached hydrogen (secondary N) is 7. The summed E-state index contributed by atoms with van der Waals surface area (Å²) in [5.74, 6) is -11.7. The van der Waals surface area contributed by atoms with Gasteiger partial charge in [-0.3, -0.25) is 47.9 Å². The number of rotatable bonds is 23. The average molecular weight is 726 g/mol. The molecule has 26 heteroatoms.